The standard InChI is InChI=1S/C19H27F2N3O4/c1-11(2)24-9-15(23(4)17(19(24)27)18(26)12(3)25)10-28-22-8-13-5-6-14(20)7-16(13)21/h5-7,11-12,15,22,25-26H,8-10H2,1-4H3/b18-17+/t12?,15-/m1/s1. The van der Waals surface area contributed by atoms with E-state index in [0.29, 0.717) is 6.54 Å². The van der Waals surface area contributed by atoms with Gasteiger partial charge in [-0.2, -0.15) is 5.48 Å². The summed E-state index contributed by atoms with van der Waals surface area (Å²) in [4.78, 5) is 21.3. The van der Waals surface area contributed by atoms with Gasteiger partial charge in [0.15, 0.2) is 0 Å². The molecule has 1 amide bonds. The van der Waals surface area contributed by atoms with Gasteiger partial charge in [-0.1, -0.05) is 6.07 Å². The predicted octanol–water partition coefficient (Wildman–Crippen LogP) is 1.69. The van der Waals surface area contributed by atoms with E-state index in [1.807, 2.05) is 13.8 Å². The van der Waals surface area contributed by atoms with Crippen molar-refractivity contribution in [2.75, 3.05) is 20.2 Å². The minimum Gasteiger partial charge on any atom is -0.507 e. The van der Waals surface area contributed by atoms with Gasteiger partial charge >= 0.3 is 0 Å². The van der Waals surface area contributed by atoms with Gasteiger partial charge < -0.3 is 20.0 Å². The molecule has 0 radical (unpaired) electrons. The van der Waals surface area contributed by atoms with E-state index < -0.39 is 23.5 Å². The molecule has 0 aromatic heterocycles. The molecule has 0 aliphatic carbocycles. The Kier molecular flexibility index (Phi) is 7.34. The summed E-state index contributed by atoms with van der Waals surface area (Å²) in [7, 11) is 1.64. The van der Waals surface area contributed by atoms with Crippen LogP contribution in [-0.2, 0) is 16.2 Å². The Morgan fingerprint density at radius 2 is 2.04 bits per heavy atom. The Labute approximate surface area is 163 Å². The fraction of sp³-hybridized carbons (Fsp3) is 0.526. The number of halogens is 2. The molecule has 1 aliphatic rings. The van der Waals surface area contributed by atoms with Gasteiger partial charge in [0, 0.05) is 37.8 Å². The van der Waals surface area contributed by atoms with Crippen molar-refractivity contribution >= 4 is 5.91 Å². The van der Waals surface area contributed by atoms with E-state index in [0.717, 1.165) is 12.1 Å². The third-order valence-electron chi connectivity index (χ3n) is 4.69. The topological polar surface area (TPSA) is 85.3 Å². The number of amides is 1. The Morgan fingerprint density at radius 1 is 1.36 bits per heavy atom. The lowest BCUT2D eigenvalue weighted by molar-refractivity contribution is -0.137. The summed E-state index contributed by atoms with van der Waals surface area (Å²) < 4.78 is 26.6. The minimum absolute atomic E-state index is 0.0214. The van der Waals surface area contributed by atoms with Crippen LogP contribution in [0.15, 0.2) is 29.7 Å². The van der Waals surface area contributed by atoms with Crippen LogP contribution >= 0.6 is 0 Å². The Balaban J connectivity index is 2.05. The first-order chi connectivity index (χ1) is 13.1. The maximum absolute atomic E-state index is 13.6. The lowest BCUT2D eigenvalue weighted by Gasteiger charge is -2.43. The number of nitrogens with zero attached hydrogens (tertiary/aromatic N) is 2. The molecule has 3 N–H and O–H groups in total. The van der Waals surface area contributed by atoms with Gasteiger partial charge in [-0.25, -0.2) is 8.78 Å². The molecule has 2 atom stereocenters. The second-order valence-electron chi connectivity index (χ2n) is 7.09. The highest BCUT2D eigenvalue weighted by atomic mass is 19.1. The quantitative estimate of drug-likeness (QED) is 0.280. The van der Waals surface area contributed by atoms with Gasteiger partial charge in [-0.15, -0.1) is 0 Å². The third kappa shape index (κ3) is 4.98. The molecule has 28 heavy (non-hydrogen) atoms. The SMILES string of the molecule is CC(O)/C(O)=C1/C(=O)N(C(C)C)C[C@H](CONCc2ccc(F)cc2F)N1C. The molecule has 0 bridgehead atoms. The van der Waals surface area contributed by atoms with E-state index in [1.54, 1.807) is 16.8 Å². The normalized spacial score (nSPS) is 20.7. The molecule has 0 spiro atoms. The fourth-order valence-electron chi connectivity index (χ4n) is 2.95. The van der Waals surface area contributed by atoms with E-state index in [2.05, 4.69) is 5.48 Å². The van der Waals surface area contributed by atoms with Crippen LogP contribution < -0.4 is 5.48 Å². The Hall–Kier alpha value is -2.23. The van der Waals surface area contributed by atoms with Crippen LogP contribution in [0.2, 0.25) is 0 Å². The summed E-state index contributed by atoms with van der Waals surface area (Å²) in [5.41, 5.74) is 2.91. The molecule has 7 nitrogen and oxygen atoms in total. The van der Waals surface area contributed by atoms with E-state index in [9.17, 15) is 23.8 Å². The smallest absolute Gasteiger partial charge is 0.274 e. The highest BCUT2D eigenvalue weighted by molar-refractivity contribution is 5.94. The lowest BCUT2D eigenvalue weighted by atomic mass is 10.1. The van der Waals surface area contributed by atoms with E-state index in [4.69, 9.17) is 4.84 Å². The van der Waals surface area contributed by atoms with Crippen molar-refractivity contribution < 1.29 is 28.6 Å². The van der Waals surface area contributed by atoms with Gasteiger partial charge in [0.05, 0.1) is 12.6 Å². The number of nitrogens with one attached hydrogen (secondary N) is 1. The van der Waals surface area contributed by atoms with Crippen molar-refractivity contribution in [2.24, 2.45) is 0 Å². The zero-order chi connectivity index (χ0) is 21.0. The number of benzene rings is 1. The number of hydrogen-bond acceptors (Lipinski definition) is 6. The number of aliphatic hydroxyl groups is 2. The molecule has 1 aromatic rings. The molecule has 9 heteroatoms. The van der Waals surface area contributed by atoms with Crippen LogP contribution in [-0.4, -0.2) is 64.3 Å². The molecule has 156 valence electrons. The van der Waals surface area contributed by atoms with Gasteiger partial charge in [-0.05, 0) is 26.8 Å². The minimum atomic E-state index is -1.19. The van der Waals surface area contributed by atoms with Gasteiger partial charge in [0.2, 0.25) is 0 Å². The van der Waals surface area contributed by atoms with E-state index in [-0.39, 0.29) is 42.4 Å². The van der Waals surface area contributed by atoms with Crippen LogP contribution in [0.5, 0.6) is 0 Å². The first-order valence-corrected chi connectivity index (χ1v) is 9.07. The predicted molar refractivity (Wildman–Crippen MR) is 98.9 cm³/mol. The fourth-order valence-corrected chi connectivity index (χ4v) is 2.95. The van der Waals surface area contributed by atoms with Crippen LogP contribution in [0.3, 0.4) is 0 Å². The zero-order valence-corrected chi connectivity index (χ0v) is 16.4. The molecule has 1 aliphatic heterocycles. The first-order valence-electron chi connectivity index (χ1n) is 9.07. The number of piperazine rings is 1. The van der Waals surface area contributed by atoms with Crippen molar-refractivity contribution in [3.63, 3.8) is 0 Å². The summed E-state index contributed by atoms with van der Waals surface area (Å²) in [5, 5.41) is 19.9. The molecular formula is C19H27F2N3O4. The van der Waals surface area contributed by atoms with Crippen molar-refractivity contribution in [3.8, 4) is 0 Å². The summed E-state index contributed by atoms with van der Waals surface area (Å²) in [6.07, 6.45) is -1.19. The van der Waals surface area contributed by atoms with Crippen LogP contribution in [0, 0.1) is 11.6 Å². The molecule has 1 fully saturated rings. The average Bonchev–Trinajstić information content (AvgIpc) is 2.61. The summed E-state index contributed by atoms with van der Waals surface area (Å²) in [6.45, 7) is 5.61. The monoisotopic (exact) mass is 399 g/mol. The lowest BCUT2D eigenvalue weighted by Crippen LogP contribution is -2.57. The van der Waals surface area contributed by atoms with Gasteiger partial charge in [0.1, 0.15) is 29.2 Å². The van der Waals surface area contributed by atoms with Crippen molar-refractivity contribution in [2.45, 2.75) is 45.5 Å². The van der Waals surface area contributed by atoms with E-state index >= 15 is 0 Å². The molecular weight excluding hydrogens is 372 g/mol. The van der Waals surface area contributed by atoms with E-state index in [1.165, 1.54) is 13.0 Å². The Morgan fingerprint density at radius 3 is 2.61 bits per heavy atom. The zero-order valence-electron chi connectivity index (χ0n) is 16.4. The molecule has 1 heterocycles. The van der Waals surface area contributed by atoms with Crippen LogP contribution in [0.25, 0.3) is 0 Å². The number of hydrogen-bond donors (Lipinski definition) is 3. The summed E-state index contributed by atoms with van der Waals surface area (Å²) in [5.74, 6) is -2.09. The van der Waals surface area contributed by atoms with Crippen molar-refractivity contribution in [1.82, 2.24) is 15.3 Å². The molecule has 2 rings (SSSR count). The third-order valence-corrected chi connectivity index (χ3v) is 4.69. The number of rotatable bonds is 7. The molecule has 1 unspecified atom stereocenters. The van der Waals surface area contributed by atoms with Crippen LogP contribution in [0.1, 0.15) is 26.3 Å². The van der Waals surface area contributed by atoms with Gasteiger partial charge in [0.25, 0.3) is 5.91 Å². The number of aliphatic hydroxyl groups excluding tert-OH is 2. The maximum Gasteiger partial charge on any atom is 0.274 e. The summed E-state index contributed by atoms with van der Waals surface area (Å²) >= 11 is 0. The second kappa shape index (κ2) is 9.31. The number of carbonyl (C=O) groups excluding carboxylic acids is 1. The Bertz CT molecular complexity index is 740. The maximum atomic E-state index is 13.6. The number of carbonyl (C=O) groups is 1. The highest BCUT2D eigenvalue weighted by Crippen LogP contribution is 2.24. The largest absolute Gasteiger partial charge is 0.507 e. The highest BCUT2D eigenvalue weighted by Gasteiger charge is 2.38. The summed E-state index contributed by atoms with van der Waals surface area (Å²) in [6, 6.07) is 2.88. The number of likely N-dealkylation sites (N-methyl/N-ethyl adjacent to an activating group) is 1. The van der Waals surface area contributed by atoms with Crippen molar-refractivity contribution in [3.05, 3.63) is 46.9 Å². The van der Waals surface area contributed by atoms with Gasteiger partial charge in [-0.3, -0.25) is 9.63 Å². The van der Waals surface area contributed by atoms with Crippen LogP contribution in [0.4, 0.5) is 8.78 Å². The molecule has 1 aromatic carbocycles. The molecule has 1 saturated heterocycles. The van der Waals surface area contributed by atoms with Crippen molar-refractivity contribution in [1.29, 1.82) is 0 Å². The average molecular weight is 399 g/mol. The first kappa shape index (κ1) is 22.1. The number of hydroxylamine groups is 1. The second-order valence-corrected chi connectivity index (χ2v) is 7.09. The molecule has 0 saturated carbocycles.